The molecule has 0 radical (unpaired) electrons. The number of nitrogens with zero attached hydrogens (tertiary/aromatic N) is 5. The molecule has 1 aromatic carbocycles. The Balaban J connectivity index is 1.62. The molecule has 32 heavy (non-hydrogen) atoms. The summed E-state index contributed by atoms with van der Waals surface area (Å²) in [7, 11) is 1.64. The van der Waals surface area contributed by atoms with Crippen LogP contribution in [0, 0.1) is 17.2 Å². The average molecular weight is 454 g/mol. The molecule has 1 saturated heterocycles. The van der Waals surface area contributed by atoms with E-state index < -0.39 is 0 Å². The molecule has 1 saturated carbocycles. The van der Waals surface area contributed by atoms with Gasteiger partial charge in [-0.25, -0.2) is 9.97 Å². The zero-order valence-corrected chi connectivity index (χ0v) is 19.1. The van der Waals surface area contributed by atoms with Gasteiger partial charge in [0, 0.05) is 56.2 Å². The van der Waals surface area contributed by atoms with Crippen LogP contribution >= 0.6 is 11.6 Å². The number of anilines is 1. The number of amides is 1. The van der Waals surface area contributed by atoms with Gasteiger partial charge in [-0.15, -0.1) is 0 Å². The third-order valence-electron chi connectivity index (χ3n) is 6.25. The van der Waals surface area contributed by atoms with Gasteiger partial charge in [-0.2, -0.15) is 5.26 Å². The molecule has 0 N–H and O–H groups in total. The summed E-state index contributed by atoms with van der Waals surface area (Å²) in [5, 5.41) is 9.90. The topological polar surface area (TPSA) is 82.3 Å². The van der Waals surface area contributed by atoms with Crippen LogP contribution in [0.25, 0.3) is 0 Å². The van der Waals surface area contributed by atoms with Gasteiger partial charge in [0.25, 0.3) is 0 Å². The minimum Gasteiger partial charge on any atom is -0.378 e. The lowest BCUT2D eigenvalue weighted by atomic mass is 9.84. The molecule has 1 aliphatic heterocycles. The van der Waals surface area contributed by atoms with Gasteiger partial charge in [0.05, 0.1) is 24.8 Å². The molecule has 2 aromatic rings. The van der Waals surface area contributed by atoms with E-state index in [-0.39, 0.29) is 12.3 Å². The first-order chi connectivity index (χ1) is 15.6. The third-order valence-corrected chi connectivity index (χ3v) is 6.49. The number of hydrogen-bond acceptors (Lipinski definition) is 6. The summed E-state index contributed by atoms with van der Waals surface area (Å²) in [6, 6.07) is 9.92. The Labute approximate surface area is 194 Å². The SMILES string of the molecule is COCc1nc(CC#N)nc(N2CCN(C(=O)C3CCC3)CC2)c1Cc1cccc(Cl)c1. The van der Waals surface area contributed by atoms with Crippen LogP contribution < -0.4 is 4.90 Å². The number of carbonyl (C=O) groups is 1. The lowest BCUT2D eigenvalue weighted by molar-refractivity contribution is -0.138. The van der Waals surface area contributed by atoms with E-state index in [0.717, 1.165) is 41.9 Å². The molecule has 7 nitrogen and oxygen atoms in total. The van der Waals surface area contributed by atoms with Crippen molar-refractivity contribution in [3.63, 3.8) is 0 Å². The fourth-order valence-corrected chi connectivity index (χ4v) is 4.53. The van der Waals surface area contributed by atoms with Crippen LogP contribution in [0.1, 0.15) is 41.9 Å². The predicted octanol–water partition coefficient (Wildman–Crippen LogP) is 3.38. The minimum atomic E-state index is 0.140. The van der Waals surface area contributed by atoms with Crippen molar-refractivity contribution >= 4 is 23.3 Å². The van der Waals surface area contributed by atoms with Crippen LogP contribution in [0.5, 0.6) is 0 Å². The molecule has 0 bridgehead atoms. The van der Waals surface area contributed by atoms with Gasteiger partial charge < -0.3 is 14.5 Å². The number of hydrogen-bond donors (Lipinski definition) is 0. The molecule has 1 aliphatic carbocycles. The molecule has 1 amide bonds. The zero-order valence-electron chi connectivity index (χ0n) is 18.4. The first-order valence-corrected chi connectivity index (χ1v) is 11.5. The Hall–Kier alpha value is -2.69. The van der Waals surface area contributed by atoms with E-state index in [4.69, 9.17) is 21.3 Å². The Morgan fingerprint density at radius 2 is 2.03 bits per heavy atom. The van der Waals surface area contributed by atoms with Gasteiger partial charge in [0.1, 0.15) is 11.6 Å². The monoisotopic (exact) mass is 453 g/mol. The number of piperazine rings is 1. The second-order valence-corrected chi connectivity index (χ2v) is 8.84. The van der Waals surface area contributed by atoms with Gasteiger partial charge in [-0.05, 0) is 30.5 Å². The summed E-state index contributed by atoms with van der Waals surface area (Å²) in [4.78, 5) is 26.3. The number of nitriles is 1. The van der Waals surface area contributed by atoms with Gasteiger partial charge in [-0.1, -0.05) is 30.2 Å². The van der Waals surface area contributed by atoms with Crippen LogP contribution in [0.3, 0.4) is 0 Å². The van der Waals surface area contributed by atoms with E-state index in [9.17, 15) is 10.1 Å². The van der Waals surface area contributed by atoms with Crippen molar-refractivity contribution in [2.75, 3.05) is 38.2 Å². The quantitative estimate of drug-likeness (QED) is 0.639. The molecule has 0 unspecified atom stereocenters. The molecule has 2 fully saturated rings. The standard InChI is InChI=1S/C24H28ClN5O2/c1-32-16-21-20(15-17-4-2-7-19(25)14-17)23(28-22(27-21)8-9-26)29-10-12-30(13-11-29)24(31)18-5-3-6-18/h2,4,7,14,18H,3,5-6,8,10-13,15-16H2,1H3. The summed E-state index contributed by atoms with van der Waals surface area (Å²) in [5.74, 6) is 1.84. The Morgan fingerprint density at radius 3 is 2.66 bits per heavy atom. The van der Waals surface area contributed by atoms with Crippen molar-refractivity contribution in [1.29, 1.82) is 5.26 Å². The summed E-state index contributed by atoms with van der Waals surface area (Å²) in [6.45, 7) is 3.11. The predicted molar refractivity (Wildman–Crippen MR) is 122 cm³/mol. The highest BCUT2D eigenvalue weighted by molar-refractivity contribution is 6.30. The van der Waals surface area contributed by atoms with Crippen molar-refractivity contribution < 1.29 is 9.53 Å². The Kier molecular flexibility index (Phi) is 7.23. The lowest BCUT2D eigenvalue weighted by Crippen LogP contribution is -2.51. The van der Waals surface area contributed by atoms with Gasteiger partial charge in [0.15, 0.2) is 0 Å². The Morgan fingerprint density at radius 1 is 1.25 bits per heavy atom. The maximum absolute atomic E-state index is 12.7. The third kappa shape index (κ3) is 5.03. The number of carbonyl (C=O) groups excluding carboxylic acids is 1. The lowest BCUT2D eigenvalue weighted by Gasteiger charge is -2.39. The largest absolute Gasteiger partial charge is 0.378 e. The number of methoxy groups -OCH3 is 1. The molecule has 1 aromatic heterocycles. The van der Waals surface area contributed by atoms with Crippen molar-refractivity contribution in [3.05, 3.63) is 51.9 Å². The smallest absolute Gasteiger partial charge is 0.225 e. The molecule has 0 atom stereocenters. The minimum absolute atomic E-state index is 0.140. The first-order valence-electron chi connectivity index (χ1n) is 11.1. The highest BCUT2D eigenvalue weighted by Gasteiger charge is 2.32. The van der Waals surface area contributed by atoms with Crippen molar-refractivity contribution in [2.45, 2.75) is 38.7 Å². The van der Waals surface area contributed by atoms with Gasteiger partial charge in [0.2, 0.25) is 5.91 Å². The summed E-state index contributed by atoms with van der Waals surface area (Å²) in [5.41, 5.74) is 2.83. The van der Waals surface area contributed by atoms with Gasteiger partial charge in [-0.3, -0.25) is 4.79 Å². The summed E-state index contributed by atoms with van der Waals surface area (Å²) >= 11 is 6.22. The molecule has 0 spiro atoms. The van der Waals surface area contributed by atoms with E-state index in [2.05, 4.69) is 16.0 Å². The van der Waals surface area contributed by atoms with E-state index in [0.29, 0.717) is 56.0 Å². The van der Waals surface area contributed by atoms with E-state index in [1.807, 2.05) is 29.2 Å². The summed E-state index contributed by atoms with van der Waals surface area (Å²) < 4.78 is 5.43. The van der Waals surface area contributed by atoms with Crippen LogP contribution in [0.15, 0.2) is 24.3 Å². The number of rotatable bonds is 7. The number of benzene rings is 1. The molecular formula is C24H28ClN5O2. The van der Waals surface area contributed by atoms with E-state index >= 15 is 0 Å². The molecule has 2 aliphatic rings. The fourth-order valence-electron chi connectivity index (χ4n) is 4.32. The van der Waals surface area contributed by atoms with Crippen LogP contribution in [0.2, 0.25) is 5.02 Å². The van der Waals surface area contributed by atoms with Crippen LogP contribution in [-0.4, -0.2) is 54.1 Å². The van der Waals surface area contributed by atoms with E-state index in [1.165, 1.54) is 0 Å². The normalized spacial score (nSPS) is 16.5. The molecule has 2 heterocycles. The number of halogens is 1. The molecule has 168 valence electrons. The second kappa shape index (κ2) is 10.3. The maximum Gasteiger partial charge on any atom is 0.225 e. The van der Waals surface area contributed by atoms with Crippen molar-refractivity contribution in [3.8, 4) is 6.07 Å². The molecular weight excluding hydrogens is 426 g/mol. The zero-order chi connectivity index (χ0) is 22.5. The first kappa shape index (κ1) is 22.5. The highest BCUT2D eigenvalue weighted by atomic mass is 35.5. The number of ether oxygens (including phenoxy) is 1. The molecule has 8 heteroatoms. The average Bonchev–Trinajstić information content (AvgIpc) is 2.75. The fraction of sp³-hybridized carbons (Fsp3) is 0.500. The second-order valence-electron chi connectivity index (χ2n) is 8.40. The van der Waals surface area contributed by atoms with Crippen LogP contribution in [0.4, 0.5) is 5.82 Å². The van der Waals surface area contributed by atoms with Gasteiger partial charge >= 0.3 is 0 Å². The summed E-state index contributed by atoms with van der Waals surface area (Å²) in [6.07, 6.45) is 3.96. The maximum atomic E-state index is 12.7. The van der Waals surface area contributed by atoms with Crippen molar-refractivity contribution in [1.82, 2.24) is 14.9 Å². The Bertz CT molecular complexity index is 1010. The van der Waals surface area contributed by atoms with Crippen molar-refractivity contribution in [2.24, 2.45) is 5.92 Å². The van der Waals surface area contributed by atoms with Crippen LogP contribution in [-0.2, 0) is 29.0 Å². The van der Waals surface area contributed by atoms with E-state index in [1.54, 1.807) is 7.11 Å². The molecule has 4 rings (SSSR count). The highest BCUT2D eigenvalue weighted by Crippen LogP contribution is 2.30. The number of aromatic nitrogens is 2.